The Morgan fingerprint density at radius 2 is 1.74 bits per heavy atom. The van der Waals surface area contributed by atoms with Crippen molar-refractivity contribution in [2.24, 2.45) is 0 Å². The second kappa shape index (κ2) is 7.00. The fourth-order valence-corrected chi connectivity index (χ4v) is 3.26. The van der Waals surface area contributed by atoms with E-state index in [0.29, 0.717) is 16.3 Å². The molecule has 0 bridgehead atoms. The summed E-state index contributed by atoms with van der Waals surface area (Å²) in [6, 6.07) is 10.9. The molecule has 1 amide bonds. The standard InChI is InChI=1S/C15H14BrClN2O3S/c1-19(2)23(21,22)12-6-4-11(5-7-12)18-15(20)13-9-10(16)3-8-14(13)17/h3-9H,1-2H3,(H,18,20). The summed E-state index contributed by atoms with van der Waals surface area (Å²) in [7, 11) is -0.576. The minimum atomic E-state index is -3.49. The molecule has 0 radical (unpaired) electrons. The van der Waals surface area contributed by atoms with E-state index in [4.69, 9.17) is 11.6 Å². The largest absolute Gasteiger partial charge is 0.322 e. The number of hydrogen-bond acceptors (Lipinski definition) is 3. The van der Waals surface area contributed by atoms with Crippen LogP contribution in [0.15, 0.2) is 51.8 Å². The van der Waals surface area contributed by atoms with E-state index in [2.05, 4.69) is 21.2 Å². The van der Waals surface area contributed by atoms with Gasteiger partial charge in [-0.1, -0.05) is 27.5 Å². The van der Waals surface area contributed by atoms with Gasteiger partial charge in [-0.2, -0.15) is 0 Å². The molecule has 0 aliphatic rings. The number of carbonyl (C=O) groups is 1. The van der Waals surface area contributed by atoms with E-state index in [-0.39, 0.29) is 10.8 Å². The van der Waals surface area contributed by atoms with Crippen LogP contribution in [0.5, 0.6) is 0 Å². The Balaban J connectivity index is 2.21. The zero-order valence-corrected chi connectivity index (χ0v) is 15.5. The smallest absolute Gasteiger partial charge is 0.257 e. The van der Waals surface area contributed by atoms with Crippen molar-refractivity contribution in [2.75, 3.05) is 19.4 Å². The number of benzene rings is 2. The van der Waals surface area contributed by atoms with Gasteiger partial charge < -0.3 is 5.32 Å². The summed E-state index contributed by atoms with van der Waals surface area (Å²) in [5.41, 5.74) is 0.801. The average Bonchev–Trinajstić information content (AvgIpc) is 2.50. The Kier molecular flexibility index (Phi) is 5.46. The van der Waals surface area contributed by atoms with Gasteiger partial charge in [0.05, 0.1) is 15.5 Å². The molecule has 0 heterocycles. The molecule has 1 N–H and O–H groups in total. The van der Waals surface area contributed by atoms with Crippen LogP contribution in [0.4, 0.5) is 5.69 Å². The van der Waals surface area contributed by atoms with Gasteiger partial charge in [0, 0.05) is 24.3 Å². The summed E-state index contributed by atoms with van der Waals surface area (Å²) in [6.45, 7) is 0. The van der Waals surface area contributed by atoms with Crippen molar-refractivity contribution in [3.63, 3.8) is 0 Å². The molecule has 2 rings (SSSR count). The molecule has 122 valence electrons. The molecule has 0 saturated carbocycles. The first kappa shape index (κ1) is 17.9. The second-order valence-electron chi connectivity index (χ2n) is 4.89. The summed E-state index contributed by atoms with van der Waals surface area (Å²) < 4.78 is 25.8. The molecule has 2 aromatic carbocycles. The fourth-order valence-electron chi connectivity index (χ4n) is 1.79. The molecule has 0 saturated heterocycles. The lowest BCUT2D eigenvalue weighted by Crippen LogP contribution is -2.22. The summed E-state index contributed by atoms with van der Waals surface area (Å²) >= 11 is 9.30. The molecule has 0 atom stereocenters. The van der Waals surface area contributed by atoms with Crippen LogP contribution < -0.4 is 5.32 Å². The number of sulfonamides is 1. The van der Waals surface area contributed by atoms with Crippen LogP contribution in [0, 0.1) is 0 Å². The van der Waals surface area contributed by atoms with Gasteiger partial charge >= 0.3 is 0 Å². The van der Waals surface area contributed by atoms with Crippen molar-refractivity contribution < 1.29 is 13.2 Å². The molecular formula is C15H14BrClN2O3S. The van der Waals surface area contributed by atoms with Crippen LogP contribution in [-0.4, -0.2) is 32.7 Å². The maximum atomic E-state index is 12.2. The third-order valence-corrected chi connectivity index (χ3v) is 5.72. The van der Waals surface area contributed by atoms with E-state index in [1.165, 1.54) is 38.4 Å². The van der Waals surface area contributed by atoms with Crippen molar-refractivity contribution in [2.45, 2.75) is 4.90 Å². The maximum Gasteiger partial charge on any atom is 0.257 e. The predicted molar refractivity (Wildman–Crippen MR) is 94.4 cm³/mol. The first-order valence-electron chi connectivity index (χ1n) is 6.51. The maximum absolute atomic E-state index is 12.2. The monoisotopic (exact) mass is 416 g/mol. The highest BCUT2D eigenvalue weighted by Crippen LogP contribution is 2.23. The SMILES string of the molecule is CN(C)S(=O)(=O)c1ccc(NC(=O)c2cc(Br)ccc2Cl)cc1. The van der Waals surface area contributed by atoms with Gasteiger partial charge in [0.2, 0.25) is 10.0 Å². The van der Waals surface area contributed by atoms with Crippen molar-refractivity contribution in [1.29, 1.82) is 0 Å². The summed E-state index contributed by atoms with van der Waals surface area (Å²) in [4.78, 5) is 12.4. The highest BCUT2D eigenvalue weighted by atomic mass is 79.9. The fraction of sp³-hybridized carbons (Fsp3) is 0.133. The number of carbonyl (C=O) groups excluding carboxylic acids is 1. The Morgan fingerprint density at radius 3 is 2.30 bits per heavy atom. The van der Waals surface area contributed by atoms with Crippen molar-refractivity contribution in [1.82, 2.24) is 4.31 Å². The summed E-state index contributed by atoms with van der Waals surface area (Å²) in [5.74, 6) is -0.375. The highest BCUT2D eigenvalue weighted by Gasteiger charge is 2.17. The molecule has 2 aromatic rings. The topological polar surface area (TPSA) is 66.5 Å². The molecule has 5 nitrogen and oxygen atoms in total. The minimum absolute atomic E-state index is 0.154. The van der Waals surface area contributed by atoms with Crippen molar-refractivity contribution in [3.05, 3.63) is 57.5 Å². The third kappa shape index (κ3) is 4.11. The van der Waals surface area contributed by atoms with Gasteiger partial charge in [-0.25, -0.2) is 12.7 Å². The van der Waals surface area contributed by atoms with Gasteiger partial charge in [-0.15, -0.1) is 0 Å². The predicted octanol–water partition coefficient (Wildman–Crippen LogP) is 3.61. The number of amides is 1. The lowest BCUT2D eigenvalue weighted by Gasteiger charge is -2.12. The Bertz CT molecular complexity index is 836. The lowest BCUT2D eigenvalue weighted by atomic mass is 10.2. The molecule has 0 unspecified atom stereocenters. The lowest BCUT2D eigenvalue weighted by molar-refractivity contribution is 0.102. The van der Waals surface area contributed by atoms with Crippen LogP contribution in [-0.2, 0) is 10.0 Å². The normalized spacial score (nSPS) is 11.5. The molecule has 0 aliphatic carbocycles. The van der Waals surface area contributed by atoms with Gasteiger partial charge in [0.25, 0.3) is 5.91 Å². The molecule has 0 fully saturated rings. The Labute approximate surface area is 148 Å². The van der Waals surface area contributed by atoms with E-state index in [1.807, 2.05) is 0 Å². The molecule has 8 heteroatoms. The highest BCUT2D eigenvalue weighted by molar-refractivity contribution is 9.10. The van der Waals surface area contributed by atoms with Crippen LogP contribution in [0.25, 0.3) is 0 Å². The number of nitrogens with one attached hydrogen (secondary N) is 1. The number of anilines is 1. The van der Waals surface area contributed by atoms with E-state index < -0.39 is 10.0 Å². The van der Waals surface area contributed by atoms with Gasteiger partial charge in [0.15, 0.2) is 0 Å². The number of hydrogen-bond donors (Lipinski definition) is 1. The quantitative estimate of drug-likeness (QED) is 0.826. The van der Waals surface area contributed by atoms with Gasteiger partial charge in [-0.3, -0.25) is 4.79 Å². The van der Waals surface area contributed by atoms with Crippen LogP contribution >= 0.6 is 27.5 Å². The van der Waals surface area contributed by atoms with E-state index >= 15 is 0 Å². The zero-order chi connectivity index (χ0) is 17.2. The molecule has 0 aromatic heterocycles. The van der Waals surface area contributed by atoms with Gasteiger partial charge in [-0.05, 0) is 42.5 Å². The molecule has 0 aliphatic heterocycles. The number of nitrogens with zero attached hydrogens (tertiary/aromatic N) is 1. The van der Waals surface area contributed by atoms with Crippen molar-refractivity contribution in [3.8, 4) is 0 Å². The number of rotatable bonds is 4. The van der Waals surface area contributed by atoms with E-state index in [1.54, 1.807) is 18.2 Å². The van der Waals surface area contributed by atoms with Crippen LogP contribution in [0.1, 0.15) is 10.4 Å². The second-order valence-corrected chi connectivity index (χ2v) is 8.36. The van der Waals surface area contributed by atoms with E-state index in [9.17, 15) is 13.2 Å². The van der Waals surface area contributed by atoms with Crippen molar-refractivity contribution >= 4 is 49.1 Å². The van der Waals surface area contributed by atoms with E-state index in [0.717, 1.165) is 8.78 Å². The average molecular weight is 418 g/mol. The third-order valence-electron chi connectivity index (χ3n) is 3.06. The Hall–Kier alpha value is -1.41. The first-order chi connectivity index (χ1) is 10.7. The summed E-state index contributed by atoms with van der Waals surface area (Å²) in [5, 5.41) is 3.01. The van der Waals surface area contributed by atoms with Gasteiger partial charge in [0.1, 0.15) is 0 Å². The zero-order valence-electron chi connectivity index (χ0n) is 12.4. The molecule has 0 spiro atoms. The van der Waals surface area contributed by atoms with Crippen LogP contribution in [0.2, 0.25) is 5.02 Å². The Morgan fingerprint density at radius 1 is 1.13 bits per heavy atom. The summed E-state index contributed by atoms with van der Waals surface area (Å²) in [6.07, 6.45) is 0. The number of halogens is 2. The first-order valence-corrected chi connectivity index (χ1v) is 9.12. The van der Waals surface area contributed by atoms with Crippen LogP contribution in [0.3, 0.4) is 0 Å². The minimum Gasteiger partial charge on any atom is -0.322 e. The molecule has 23 heavy (non-hydrogen) atoms. The molecular weight excluding hydrogens is 404 g/mol.